The van der Waals surface area contributed by atoms with Crippen molar-refractivity contribution in [1.29, 1.82) is 0 Å². The summed E-state index contributed by atoms with van der Waals surface area (Å²) in [7, 11) is -8.50. The molecule has 3 aliphatic rings. The number of aryl methyl sites for hydroxylation is 1. The lowest BCUT2D eigenvalue weighted by atomic mass is 9.81. The van der Waals surface area contributed by atoms with Gasteiger partial charge in [0.15, 0.2) is 11.4 Å². The van der Waals surface area contributed by atoms with Gasteiger partial charge >= 0.3 is 10.5 Å². The summed E-state index contributed by atoms with van der Waals surface area (Å²) in [6, 6.07) is 9.90. The van der Waals surface area contributed by atoms with Gasteiger partial charge in [-0.2, -0.15) is 0 Å². The van der Waals surface area contributed by atoms with Crippen LogP contribution in [0.3, 0.4) is 0 Å². The molecule has 1 unspecified atom stereocenters. The van der Waals surface area contributed by atoms with Crippen LogP contribution in [0.1, 0.15) is 48.5 Å². The molecular formula is C29H31F5N4O4S. The lowest BCUT2D eigenvalue weighted by Crippen LogP contribution is -2.58. The highest BCUT2D eigenvalue weighted by atomic mass is 32.5. The highest BCUT2D eigenvalue weighted by Gasteiger charge is 2.67. The highest BCUT2D eigenvalue weighted by molar-refractivity contribution is 8.42. The van der Waals surface area contributed by atoms with Gasteiger partial charge in [-0.15, -0.1) is 0 Å². The molecule has 0 saturated carbocycles. The van der Waals surface area contributed by atoms with Gasteiger partial charge < -0.3 is 28.0 Å². The number of oxime groups is 1. The summed E-state index contributed by atoms with van der Waals surface area (Å²) in [4.78, 5) is 12.6. The molecule has 6 rings (SSSR count). The fourth-order valence-corrected chi connectivity index (χ4v) is 6.48. The minimum absolute atomic E-state index is 0.222. The van der Waals surface area contributed by atoms with Gasteiger partial charge in [-0.1, -0.05) is 42.8 Å². The maximum Gasteiger partial charge on any atom is 0.435 e. The molecule has 3 aromatic rings. The smallest absolute Gasteiger partial charge is 0.435 e. The van der Waals surface area contributed by atoms with Gasteiger partial charge in [-0.3, -0.25) is 0 Å². The first-order valence-corrected chi connectivity index (χ1v) is 15.7. The van der Waals surface area contributed by atoms with Gasteiger partial charge in [-0.05, 0) is 79.6 Å². The molecule has 14 heteroatoms. The van der Waals surface area contributed by atoms with Crippen LogP contribution < -0.4 is 8.92 Å². The minimum atomic E-state index is -10.1. The standard InChI is InChI=1S/C29H31F5N4O4S/c1-20-17-37(19-35-20)25-11-6-21(16-26(25)39-2)15-23-5-3-13-38-27(29(42-36-28(23)38)12-4-14-40-18-29)22-7-9-24(10-8-22)41-43(30,31,32,33)34/h6-11,15-17,19,27H,3-5,12-14,18H2,1-2H3/b23-15+/t27-,29?/m0/s1. The fourth-order valence-electron chi connectivity index (χ4n) is 6.01. The Labute approximate surface area is 245 Å². The molecular weight excluding hydrogens is 595 g/mol. The molecule has 2 aromatic carbocycles. The average molecular weight is 627 g/mol. The molecule has 0 amide bonds. The van der Waals surface area contributed by atoms with Gasteiger partial charge in [0.2, 0.25) is 0 Å². The largest absolute Gasteiger partial charge is 0.495 e. The molecule has 0 bridgehead atoms. The first kappa shape index (κ1) is 29.3. The van der Waals surface area contributed by atoms with Crippen LogP contribution in [0.25, 0.3) is 11.8 Å². The Bertz CT molecular complexity index is 1590. The quantitative estimate of drug-likeness (QED) is 0.259. The third-order valence-electron chi connectivity index (χ3n) is 7.75. The van der Waals surface area contributed by atoms with E-state index in [2.05, 4.69) is 19.2 Å². The van der Waals surface area contributed by atoms with Gasteiger partial charge in [0, 0.05) is 19.3 Å². The van der Waals surface area contributed by atoms with E-state index in [0.717, 1.165) is 47.5 Å². The number of hydrogen-bond donors (Lipinski definition) is 0. The third kappa shape index (κ3) is 6.30. The highest BCUT2D eigenvalue weighted by Crippen LogP contribution is 2.97. The topological polar surface area (TPSA) is 70.3 Å². The van der Waals surface area contributed by atoms with Crippen molar-refractivity contribution in [2.75, 3.05) is 26.9 Å². The summed E-state index contributed by atoms with van der Waals surface area (Å²) in [6.45, 7) is 3.29. The number of fused-ring (bicyclic) bond motifs is 1. The number of nitrogens with zero attached hydrogens (tertiary/aromatic N) is 4. The zero-order valence-electron chi connectivity index (χ0n) is 23.5. The van der Waals surface area contributed by atoms with Crippen LogP contribution in [0.15, 0.2) is 65.7 Å². The number of aromatic nitrogens is 2. The summed E-state index contributed by atoms with van der Waals surface area (Å²) in [5.74, 6) is 0.282. The zero-order chi connectivity index (χ0) is 30.5. The van der Waals surface area contributed by atoms with E-state index in [0.29, 0.717) is 43.1 Å². The number of piperidine rings is 1. The summed E-state index contributed by atoms with van der Waals surface area (Å²) in [5, 5.41) is 4.56. The summed E-state index contributed by atoms with van der Waals surface area (Å²) >= 11 is 0. The second kappa shape index (κ2) is 9.88. The lowest BCUT2D eigenvalue weighted by molar-refractivity contribution is -0.174. The van der Waals surface area contributed by atoms with Crippen LogP contribution in [0.5, 0.6) is 11.5 Å². The van der Waals surface area contributed by atoms with Gasteiger partial charge in [0.1, 0.15) is 17.5 Å². The average Bonchev–Trinajstić information content (AvgIpc) is 3.38. The normalized spacial score (nSPS) is 24.9. The number of hydrogen-bond acceptors (Lipinski definition) is 7. The molecule has 3 aliphatic heterocycles. The van der Waals surface area contributed by atoms with E-state index in [9.17, 15) is 19.4 Å². The molecule has 0 N–H and O–H groups in total. The Hall–Kier alpha value is -3.78. The predicted molar refractivity (Wildman–Crippen MR) is 153 cm³/mol. The second-order valence-corrected chi connectivity index (χ2v) is 13.0. The minimum Gasteiger partial charge on any atom is -0.495 e. The molecule has 0 aliphatic carbocycles. The van der Waals surface area contributed by atoms with Crippen molar-refractivity contribution >= 4 is 22.4 Å². The Balaban J connectivity index is 1.34. The summed E-state index contributed by atoms with van der Waals surface area (Å²) in [5.41, 5.74) is 3.19. The van der Waals surface area contributed by atoms with Crippen LogP contribution in [0.2, 0.25) is 0 Å². The van der Waals surface area contributed by atoms with E-state index in [4.69, 9.17) is 14.3 Å². The first-order valence-electron chi connectivity index (χ1n) is 13.8. The molecule has 1 spiro atoms. The van der Waals surface area contributed by atoms with Crippen molar-refractivity contribution in [1.82, 2.24) is 14.5 Å². The Morgan fingerprint density at radius 2 is 1.86 bits per heavy atom. The molecule has 43 heavy (non-hydrogen) atoms. The maximum absolute atomic E-state index is 12.9. The van der Waals surface area contributed by atoms with Crippen LogP contribution in [-0.2, 0) is 9.57 Å². The Morgan fingerprint density at radius 3 is 2.51 bits per heavy atom. The van der Waals surface area contributed by atoms with Gasteiger partial charge in [0.25, 0.3) is 0 Å². The van der Waals surface area contributed by atoms with Crippen LogP contribution in [0.4, 0.5) is 19.4 Å². The third-order valence-corrected chi connectivity index (χ3v) is 8.25. The van der Waals surface area contributed by atoms with E-state index >= 15 is 0 Å². The van der Waals surface area contributed by atoms with Crippen molar-refractivity contribution in [3.8, 4) is 17.2 Å². The monoisotopic (exact) mass is 626 g/mol. The van der Waals surface area contributed by atoms with Crippen molar-refractivity contribution in [2.24, 2.45) is 5.16 Å². The first-order chi connectivity index (χ1) is 20.2. The number of imidazole rings is 1. The van der Waals surface area contributed by atoms with E-state index in [1.165, 1.54) is 12.1 Å². The Morgan fingerprint density at radius 1 is 1.07 bits per heavy atom. The van der Waals surface area contributed by atoms with Crippen molar-refractivity contribution in [2.45, 2.75) is 44.2 Å². The second-order valence-electron chi connectivity index (χ2n) is 11.0. The number of benzene rings is 2. The number of halogens is 5. The molecule has 232 valence electrons. The molecule has 2 atom stereocenters. The maximum atomic E-state index is 12.9. The van der Waals surface area contributed by atoms with E-state index in [-0.39, 0.29) is 6.61 Å². The Kier molecular flexibility index (Phi) is 6.73. The van der Waals surface area contributed by atoms with E-state index < -0.39 is 27.9 Å². The lowest BCUT2D eigenvalue weighted by Gasteiger charge is -2.51. The van der Waals surface area contributed by atoms with Gasteiger partial charge in [-0.25, -0.2) is 4.98 Å². The van der Waals surface area contributed by atoms with E-state index in [1.54, 1.807) is 13.4 Å². The van der Waals surface area contributed by atoms with Crippen molar-refractivity contribution in [3.05, 3.63) is 77.4 Å². The SMILES string of the molecule is COc1cc(/C=C2\CCCN3C2=NOC2(CCCOC2)[C@@H]3c2ccc(OS(F)(F)(F)(F)F)cc2)ccc1-n1cnc(C)c1. The number of ether oxygens (including phenoxy) is 2. The van der Waals surface area contributed by atoms with Gasteiger partial charge in [0.05, 0.1) is 31.4 Å². The zero-order valence-corrected chi connectivity index (χ0v) is 24.3. The summed E-state index contributed by atoms with van der Waals surface area (Å²) < 4.78 is 81.3. The molecule has 2 fully saturated rings. The van der Waals surface area contributed by atoms with Crippen LogP contribution >= 0.6 is 10.5 Å². The number of methoxy groups -OCH3 is 1. The molecule has 1 aromatic heterocycles. The fraction of sp³-hybridized carbons (Fsp3) is 0.379. The predicted octanol–water partition coefficient (Wildman–Crippen LogP) is 7.90. The molecule has 0 radical (unpaired) electrons. The van der Waals surface area contributed by atoms with Crippen molar-refractivity contribution in [3.63, 3.8) is 0 Å². The van der Waals surface area contributed by atoms with E-state index in [1.807, 2.05) is 42.0 Å². The molecule has 4 heterocycles. The van der Waals surface area contributed by atoms with Crippen molar-refractivity contribution < 1.29 is 37.9 Å². The van der Waals surface area contributed by atoms with Crippen LogP contribution in [0, 0.1) is 6.92 Å². The van der Waals surface area contributed by atoms with Crippen LogP contribution in [-0.4, -0.2) is 52.8 Å². The summed E-state index contributed by atoms with van der Waals surface area (Å²) in [6.07, 6.45) is 8.44. The number of rotatable bonds is 6. The molecule has 2 saturated heterocycles. The molecule has 8 nitrogen and oxygen atoms in total. The number of amidine groups is 1.